The molecule has 5 atom stereocenters. The van der Waals surface area contributed by atoms with E-state index in [1.165, 1.54) is 64.3 Å². The van der Waals surface area contributed by atoms with E-state index in [-0.39, 0.29) is 0 Å². The first-order chi connectivity index (χ1) is 9.38. The Bertz CT molecular complexity index is 379. The lowest BCUT2D eigenvalue weighted by Gasteiger charge is -2.48. The summed E-state index contributed by atoms with van der Waals surface area (Å²) in [5.74, 6) is 2.32. The Labute approximate surface area is 116 Å². The van der Waals surface area contributed by atoms with Crippen LogP contribution in [-0.4, -0.2) is 34.4 Å². The van der Waals surface area contributed by atoms with Gasteiger partial charge in [0, 0.05) is 12.0 Å². The molecule has 0 unspecified atom stereocenters. The zero-order valence-electron chi connectivity index (χ0n) is 11.8. The Morgan fingerprint density at radius 2 is 1.79 bits per heavy atom. The third kappa shape index (κ3) is 1.84. The van der Waals surface area contributed by atoms with Crippen LogP contribution in [0.1, 0.15) is 57.8 Å². The van der Waals surface area contributed by atoms with Crippen LogP contribution in [0.4, 0.5) is 0 Å². The van der Waals surface area contributed by atoms with Crippen molar-refractivity contribution in [2.24, 2.45) is 22.9 Å². The summed E-state index contributed by atoms with van der Waals surface area (Å²) >= 11 is 0. The summed E-state index contributed by atoms with van der Waals surface area (Å²) in [7, 11) is 0. The van der Waals surface area contributed by atoms with E-state index in [0.29, 0.717) is 12.0 Å². The van der Waals surface area contributed by atoms with E-state index in [9.17, 15) is 5.21 Å². The predicted molar refractivity (Wildman–Crippen MR) is 75.5 cm³/mol. The fraction of sp³-hybridized carbons (Fsp3) is 0.938. The van der Waals surface area contributed by atoms with Gasteiger partial charge in [0.2, 0.25) is 0 Å². The molecule has 3 aliphatic carbocycles. The van der Waals surface area contributed by atoms with E-state index in [1.807, 2.05) is 0 Å². The van der Waals surface area contributed by atoms with Crippen LogP contribution in [-0.2, 0) is 0 Å². The summed E-state index contributed by atoms with van der Waals surface area (Å²) in [5.41, 5.74) is 1.14. The van der Waals surface area contributed by atoms with Gasteiger partial charge in [0.25, 0.3) is 0 Å². The molecule has 4 rings (SSSR count). The van der Waals surface area contributed by atoms with Crippen molar-refractivity contribution >= 4 is 5.71 Å². The van der Waals surface area contributed by atoms with Gasteiger partial charge in [-0.05, 0) is 63.3 Å². The van der Waals surface area contributed by atoms with Gasteiger partial charge in [-0.2, -0.15) is 0 Å². The van der Waals surface area contributed by atoms with E-state index < -0.39 is 0 Å². The van der Waals surface area contributed by atoms with E-state index >= 15 is 0 Å². The molecule has 4 aliphatic rings. The van der Waals surface area contributed by atoms with Gasteiger partial charge >= 0.3 is 0 Å². The molecule has 0 aromatic heterocycles. The maximum absolute atomic E-state index is 9.45. The molecule has 1 saturated heterocycles. The molecule has 4 fully saturated rings. The Kier molecular flexibility index (Phi) is 3.06. The quantitative estimate of drug-likeness (QED) is 0.581. The Morgan fingerprint density at radius 3 is 2.68 bits per heavy atom. The molecule has 0 aromatic rings. The van der Waals surface area contributed by atoms with E-state index in [0.717, 1.165) is 23.6 Å². The average Bonchev–Trinajstić information content (AvgIpc) is 3.07. The molecular weight excluding hydrogens is 236 g/mol. The largest absolute Gasteiger partial charge is 0.411 e. The van der Waals surface area contributed by atoms with Crippen molar-refractivity contribution in [3.63, 3.8) is 0 Å². The number of piperidine rings is 1. The van der Waals surface area contributed by atoms with Crippen LogP contribution in [0, 0.1) is 17.8 Å². The molecule has 19 heavy (non-hydrogen) atoms. The van der Waals surface area contributed by atoms with Crippen molar-refractivity contribution in [1.29, 1.82) is 0 Å². The molecule has 0 spiro atoms. The molecule has 3 saturated carbocycles. The second-order valence-corrected chi connectivity index (χ2v) is 7.23. The van der Waals surface area contributed by atoms with Crippen molar-refractivity contribution in [2.45, 2.75) is 69.9 Å². The molecule has 0 radical (unpaired) electrons. The number of oxime groups is 1. The highest BCUT2D eigenvalue weighted by molar-refractivity contribution is 5.94. The Morgan fingerprint density at radius 1 is 0.947 bits per heavy atom. The highest BCUT2D eigenvalue weighted by Crippen LogP contribution is 2.48. The number of fused-ring (bicyclic) bond motifs is 3. The van der Waals surface area contributed by atoms with E-state index in [2.05, 4.69) is 10.1 Å². The average molecular weight is 262 g/mol. The van der Waals surface area contributed by atoms with Crippen LogP contribution in [0.3, 0.4) is 0 Å². The topological polar surface area (TPSA) is 35.8 Å². The van der Waals surface area contributed by atoms with Crippen molar-refractivity contribution in [1.82, 2.24) is 4.90 Å². The molecule has 2 bridgehead atoms. The lowest BCUT2D eigenvalue weighted by molar-refractivity contribution is 0.0305. The van der Waals surface area contributed by atoms with Crippen molar-refractivity contribution in [3.8, 4) is 0 Å². The SMILES string of the molecule is O/N=C1/[C@H]2CC[C@@H](C2)[C@@H]1N1CCC[C@H]2CCCC[C@@H]21. The van der Waals surface area contributed by atoms with Gasteiger partial charge in [-0.25, -0.2) is 0 Å². The second kappa shape index (κ2) is 4.76. The molecule has 3 nitrogen and oxygen atoms in total. The van der Waals surface area contributed by atoms with E-state index in [4.69, 9.17) is 0 Å². The smallest absolute Gasteiger partial charge is 0.0775 e. The molecule has 3 heteroatoms. The van der Waals surface area contributed by atoms with Gasteiger partial charge in [-0.15, -0.1) is 0 Å². The lowest BCUT2D eigenvalue weighted by Crippen LogP contribution is -2.55. The summed E-state index contributed by atoms with van der Waals surface area (Å²) in [6, 6.07) is 1.29. The number of rotatable bonds is 1. The highest BCUT2D eigenvalue weighted by Gasteiger charge is 2.50. The first-order valence-electron chi connectivity index (χ1n) is 8.36. The van der Waals surface area contributed by atoms with Gasteiger partial charge in [0.15, 0.2) is 0 Å². The monoisotopic (exact) mass is 262 g/mol. The third-order valence-corrected chi connectivity index (χ3v) is 6.40. The Balaban J connectivity index is 1.60. The van der Waals surface area contributed by atoms with Gasteiger partial charge in [0.05, 0.1) is 11.8 Å². The van der Waals surface area contributed by atoms with Crippen LogP contribution in [0.25, 0.3) is 0 Å². The van der Waals surface area contributed by atoms with Crippen molar-refractivity contribution in [3.05, 3.63) is 0 Å². The zero-order chi connectivity index (χ0) is 12.8. The third-order valence-electron chi connectivity index (χ3n) is 6.40. The summed E-state index contributed by atoms with van der Waals surface area (Å²) < 4.78 is 0. The minimum atomic E-state index is 0.495. The van der Waals surface area contributed by atoms with Crippen LogP contribution >= 0.6 is 0 Å². The molecular formula is C16H26N2O. The van der Waals surface area contributed by atoms with Crippen LogP contribution in [0.5, 0.6) is 0 Å². The predicted octanol–water partition coefficient (Wildman–Crippen LogP) is 3.27. The van der Waals surface area contributed by atoms with Crippen LogP contribution < -0.4 is 0 Å². The van der Waals surface area contributed by atoms with Gasteiger partial charge in [-0.1, -0.05) is 18.0 Å². The summed E-state index contributed by atoms with van der Waals surface area (Å²) in [5, 5.41) is 13.2. The minimum absolute atomic E-state index is 0.495. The summed E-state index contributed by atoms with van der Waals surface area (Å²) in [6.45, 7) is 1.24. The molecule has 1 heterocycles. The first kappa shape index (κ1) is 12.2. The Hall–Kier alpha value is -0.570. The van der Waals surface area contributed by atoms with Crippen molar-refractivity contribution < 1.29 is 5.21 Å². The second-order valence-electron chi connectivity index (χ2n) is 7.23. The maximum atomic E-state index is 9.45. The van der Waals surface area contributed by atoms with E-state index in [1.54, 1.807) is 0 Å². The van der Waals surface area contributed by atoms with Gasteiger partial charge in [0.1, 0.15) is 0 Å². The maximum Gasteiger partial charge on any atom is 0.0775 e. The fourth-order valence-electron chi connectivity index (χ4n) is 5.64. The normalized spacial score (nSPS) is 48.6. The highest BCUT2D eigenvalue weighted by atomic mass is 16.4. The number of hydrogen-bond donors (Lipinski definition) is 1. The van der Waals surface area contributed by atoms with Gasteiger partial charge in [-0.3, -0.25) is 4.90 Å². The number of nitrogens with zero attached hydrogens (tertiary/aromatic N) is 2. The molecule has 0 aromatic carbocycles. The fourth-order valence-corrected chi connectivity index (χ4v) is 5.64. The molecule has 1 N–H and O–H groups in total. The summed E-state index contributed by atoms with van der Waals surface area (Å²) in [4.78, 5) is 2.77. The molecule has 0 amide bonds. The zero-order valence-corrected chi connectivity index (χ0v) is 11.8. The van der Waals surface area contributed by atoms with Crippen molar-refractivity contribution in [2.75, 3.05) is 6.54 Å². The number of hydrogen-bond acceptors (Lipinski definition) is 3. The summed E-state index contributed by atoms with van der Waals surface area (Å²) in [6.07, 6.45) is 12.4. The molecule has 1 aliphatic heterocycles. The van der Waals surface area contributed by atoms with Gasteiger partial charge < -0.3 is 5.21 Å². The standard InChI is InChI=1S/C16H26N2O/c19-17-15-12-7-8-13(10-12)16(15)18-9-3-5-11-4-1-2-6-14(11)18/h11-14,16,19H,1-10H2/b17-15-/t11-,12+,13+,14+,16+/m1/s1. The molecule has 106 valence electrons. The lowest BCUT2D eigenvalue weighted by atomic mass is 9.76. The minimum Gasteiger partial charge on any atom is -0.411 e. The van der Waals surface area contributed by atoms with Crippen LogP contribution in [0.2, 0.25) is 0 Å². The number of likely N-dealkylation sites (tertiary alicyclic amines) is 1. The first-order valence-corrected chi connectivity index (χ1v) is 8.36. The van der Waals surface area contributed by atoms with Crippen LogP contribution in [0.15, 0.2) is 5.16 Å².